The third kappa shape index (κ3) is 3.47. The van der Waals surface area contributed by atoms with Crippen molar-refractivity contribution in [3.63, 3.8) is 0 Å². The van der Waals surface area contributed by atoms with Gasteiger partial charge < -0.3 is 16.4 Å². The Balaban J connectivity index is 2.23. The summed E-state index contributed by atoms with van der Waals surface area (Å²) in [6, 6.07) is 12.2. The van der Waals surface area contributed by atoms with Crippen molar-refractivity contribution in [2.45, 2.75) is 13.0 Å². The summed E-state index contributed by atoms with van der Waals surface area (Å²) in [5.74, 6) is -0.128. The van der Waals surface area contributed by atoms with Gasteiger partial charge in [0.15, 0.2) is 0 Å². The Hall–Kier alpha value is -2.20. The van der Waals surface area contributed by atoms with Crippen LogP contribution in [0, 0.1) is 0 Å². The molecule has 4 N–H and O–H groups in total. The van der Waals surface area contributed by atoms with E-state index in [-0.39, 0.29) is 11.9 Å². The van der Waals surface area contributed by atoms with Gasteiger partial charge in [-0.15, -0.1) is 0 Å². The molecular weight excluding hydrogens is 286 g/mol. The number of halogens is 1. The molecule has 0 bridgehead atoms. The highest BCUT2D eigenvalue weighted by Gasteiger charge is 2.19. The molecule has 0 spiro atoms. The van der Waals surface area contributed by atoms with Crippen molar-refractivity contribution >= 4 is 28.9 Å². The van der Waals surface area contributed by atoms with E-state index in [1.54, 1.807) is 30.1 Å². The number of anilines is 2. The Morgan fingerprint density at radius 1 is 1.10 bits per heavy atom. The lowest BCUT2D eigenvalue weighted by Gasteiger charge is -2.25. The molecule has 4 nitrogen and oxygen atoms in total. The second-order valence-electron chi connectivity index (χ2n) is 5.03. The van der Waals surface area contributed by atoms with Gasteiger partial charge in [-0.25, -0.2) is 0 Å². The van der Waals surface area contributed by atoms with E-state index < -0.39 is 0 Å². The normalized spacial score (nSPS) is 12.0. The molecule has 0 aliphatic heterocycles. The number of amides is 1. The Morgan fingerprint density at radius 3 is 2.14 bits per heavy atom. The SMILES string of the molecule is CC(c1ccc(Cl)cc1)N(C)C(=O)c1cc(N)cc(N)c1. The van der Waals surface area contributed by atoms with Crippen LogP contribution in [0.5, 0.6) is 0 Å². The minimum atomic E-state index is -0.128. The summed E-state index contributed by atoms with van der Waals surface area (Å²) in [5, 5.41) is 0.670. The lowest BCUT2D eigenvalue weighted by molar-refractivity contribution is 0.0743. The zero-order valence-electron chi connectivity index (χ0n) is 12.0. The Labute approximate surface area is 129 Å². The van der Waals surface area contributed by atoms with Crippen LogP contribution in [-0.4, -0.2) is 17.9 Å². The Bertz CT molecular complexity index is 635. The summed E-state index contributed by atoms with van der Waals surface area (Å²) >= 11 is 5.88. The molecule has 0 aliphatic rings. The van der Waals surface area contributed by atoms with Crippen LogP contribution in [0.4, 0.5) is 11.4 Å². The van der Waals surface area contributed by atoms with Gasteiger partial charge in [0.05, 0.1) is 6.04 Å². The van der Waals surface area contributed by atoms with Gasteiger partial charge in [-0.1, -0.05) is 23.7 Å². The molecule has 5 heteroatoms. The lowest BCUT2D eigenvalue weighted by atomic mass is 10.1. The first kappa shape index (κ1) is 15.2. The predicted molar refractivity (Wildman–Crippen MR) is 87.2 cm³/mol. The molecule has 110 valence electrons. The smallest absolute Gasteiger partial charge is 0.254 e. The van der Waals surface area contributed by atoms with Crippen molar-refractivity contribution in [3.8, 4) is 0 Å². The van der Waals surface area contributed by atoms with Crippen LogP contribution in [0.25, 0.3) is 0 Å². The van der Waals surface area contributed by atoms with Gasteiger partial charge in [0.1, 0.15) is 0 Å². The molecule has 0 saturated heterocycles. The predicted octanol–water partition coefficient (Wildman–Crippen LogP) is 3.34. The standard InChI is InChI=1S/C16H18ClN3O/c1-10(11-3-5-13(17)6-4-11)20(2)16(21)12-7-14(18)9-15(19)8-12/h3-10H,18-19H2,1-2H3. The van der Waals surface area contributed by atoms with Crippen molar-refractivity contribution in [1.29, 1.82) is 0 Å². The number of hydrogen-bond donors (Lipinski definition) is 2. The minimum Gasteiger partial charge on any atom is -0.399 e. The van der Waals surface area contributed by atoms with Gasteiger partial charge in [0.25, 0.3) is 5.91 Å². The molecule has 0 aromatic heterocycles. The van der Waals surface area contributed by atoms with Crippen LogP contribution in [0.2, 0.25) is 5.02 Å². The van der Waals surface area contributed by atoms with E-state index in [1.807, 2.05) is 31.2 Å². The van der Waals surface area contributed by atoms with Crippen molar-refractivity contribution in [2.75, 3.05) is 18.5 Å². The molecule has 21 heavy (non-hydrogen) atoms. The Morgan fingerprint density at radius 2 is 1.62 bits per heavy atom. The molecule has 2 aromatic rings. The summed E-state index contributed by atoms with van der Waals surface area (Å²) in [4.78, 5) is 14.2. The number of hydrogen-bond acceptors (Lipinski definition) is 3. The molecule has 0 saturated carbocycles. The van der Waals surface area contributed by atoms with Crippen LogP contribution in [0.1, 0.15) is 28.9 Å². The lowest BCUT2D eigenvalue weighted by Crippen LogP contribution is -2.29. The van der Waals surface area contributed by atoms with Gasteiger partial charge in [-0.05, 0) is 42.8 Å². The fraction of sp³-hybridized carbons (Fsp3) is 0.188. The monoisotopic (exact) mass is 303 g/mol. The van der Waals surface area contributed by atoms with E-state index in [4.69, 9.17) is 23.1 Å². The van der Waals surface area contributed by atoms with Crippen LogP contribution in [0.15, 0.2) is 42.5 Å². The Kier molecular flexibility index (Phi) is 4.38. The van der Waals surface area contributed by atoms with Gasteiger partial charge >= 0.3 is 0 Å². The van der Waals surface area contributed by atoms with Crippen LogP contribution < -0.4 is 11.5 Å². The van der Waals surface area contributed by atoms with Crippen molar-refractivity contribution in [2.24, 2.45) is 0 Å². The number of carbonyl (C=O) groups is 1. The van der Waals surface area contributed by atoms with Gasteiger partial charge in [0.2, 0.25) is 0 Å². The quantitative estimate of drug-likeness (QED) is 0.854. The largest absolute Gasteiger partial charge is 0.399 e. The first-order valence-corrected chi connectivity index (χ1v) is 6.95. The van der Waals surface area contributed by atoms with Gasteiger partial charge in [-0.2, -0.15) is 0 Å². The maximum absolute atomic E-state index is 12.5. The number of nitrogen functional groups attached to an aromatic ring is 2. The molecule has 0 fully saturated rings. The van der Waals surface area contributed by atoms with E-state index in [2.05, 4.69) is 0 Å². The van der Waals surface area contributed by atoms with Gasteiger partial charge in [0, 0.05) is 29.0 Å². The molecule has 2 rings (SSSR count). The first-order chi connectivity index (χ1) is 9.88. The van der Waals surface area contributed by atoms with E-state index >= 15 is 0 Å². The second-order valence-corrected chi connectivity index (χ2v) is 5.47. The fourth-order valence-electron chi connectivity index (χ4n) is 2.14. The molecule has 1 unspecified atom stereocenters. The maximum atomic E-state index is 12.5. The number of benzene rings is 2. The summed E-state index contributed by atoms with van der Waals surface area (Å²) < 4.78 is 0. The van der Waals surface area contributed by atoms with Gasteiger partial charge in [-0.3, -0.25) is 4.79 Å². The summed E-state index contributed by atoms with van der Waals surface area (Å²) in [6.07, 6.45) is 0. The zero-order chi connectivity index (χ0) is 15.6. The summed E-state index contributed by atoms with van der Waals surface area (Å²) in [7, 11) is 1.75. The first-order valence-electron chi connectivity index (χ1n) is 6.57. The number of rotatable bonds is 3. The molecule has 1 amide bonds. The van der Waals surface area contributed by atoms with Crippen LogP contribution in [-0.2, 0) is 0 Å². The van der Waals surface area contributed by atoms with E-state index in [0.717, 1.165) is 5.56 Å². The number of nitrogens with zero attached hydrogens (tertiary/aromatic N) is 1. The molecule has 2 aromatic carbocycles. The van der Waals surface area contributed by atoms with E-state index in [1.165, 1.54) is 0 Å². The zero-order valence-corrected chi connectivity index (χ0v) is 12.8. The maximum Gasteiger partial charge on any atom is 0.254 e. The van der Waals surface area contributed by atoms with Crippen molar-refractivity contribution in [3.05, 3.63) is 58.6 Å². The number of nitrogens with two attached hydrogens (primary N) is 2. The number of carbonyl (C=O) groups excluding carboxylic acids is 1. The van der Waals surface area contributed by atoms with E-state index in [0.29, 0.717) is 22.0 Å². The van der Waals surface area contributed by atoms with Crippen LogP contribution in [0.3, 0.4) is 0 Å². The molecular formula is C16H18ClN3O. The fourth-order valence-corrected chi connectivity index (χ4v) is 2.27. The second kappa shape index (κ2) is 6.06. The topological polar surface area (TPSA) is 72.3 Å². The average Bonchev–Trinajstić information content (AvgIpc) is 2.44. The highest BCUT2D eigenvalue weighted by molar-refractivity contribution is 6.30. The summed E-state index contributed by atoms with van der Waals surface area (Å²) in [5.41, 5.74) is 13.9. The highest BCUT2D eigenvalue weighted by Crippen LogP contribution is 2.23. The molecule has 0 aliphatic carbocycles. The van der Waals surface area contributed by atoms with Crippen LogP contribution >= 0.6 is 11.6 Å². The molecule has 0 radical (unpaired) electrons. The van der Waals surface area contributed by atoms with Crippen molar-refractivity contribution in [1.82, 2.24) is 4.90 Å². The highest BCUT2D eigenvalue weighted by atomic mass is 35.5. The third-order valence-electron chi connectivity index (χ3n) is 3.48. The average molecular weight is 304 g/mol. The molecule has 1 atom stereocenters. The van der Waals surface area contributed by atoms with E-state index in [9.17, 15) is 4.79 Å². The van der Waals surface area contributed by atoms with Crippen molar-refractivity contribution < 1.29 is 4.79 Å². The minimum absolute atomic E-state index is 0.0857. The molecule has 0 heterocycles. The third-order valence-corrected chi connectivity index (χ3v) is 3.73. The summed E-state index contributed by atoms with van der Waals surface area (Å²) in [6.45, 7) is 1.96.